The molecule has 5 rings (SSSR count). The van der Waals surface area contributed by atoms with E-state index in [1.54, 1.807) is 10.1 Å². The molecule has 272 valence electrons. The molecule has 0 saturated heterocycles. The standard InChI is InChI=1S/C21H29N7O.C20H33N/c1-21(2,3)17-11-15-13-28(20(29)27-18(15)26-17)16-7-5-14(6-8-16)12-24-9-4-10-25-19(22)23;1-15(21)8-7-9-16-12-18(17-10-5-6-11-17)14-19(13-16)20(2,3)4/h5-8,11,13,24H,4,9-10,12H2,1-3H3,(H4,22,23,25)(H,26,27,29);12-15,17H,5-11,21H2,1-4H3/t;15-/m.0/s1. The van der Waals surface area contributed by atoms with Gasteiger partial charge in [-0.15, -0.1) is 0 Å². The number of aryl methyl sites for hydroxylation is 1. The van der Waals surface area contributed by atoms with Crippen molar-refractivity contribution in [3.63, 3.8) is 0 Å². The fraction of sp³-hybridized carbons (Fsp3) is 0.537. The van der Waals surface area contributed by atoms with Crippen molar-refractivity contribution >= 4 is 17.0 Å². The van der Waals surface area contributed by atoms with E-state index in [1.807, 2.05) is 30.5 Å². The van der Waals surface area contributed by atoms with Crippen molar-refractivity contribution in [1.82, 2.24) is 19.9 Å². The van der Waals surface area contributed by atoms with Crippen molar-refractivity contribution in [2.24, 2.45) is 22.2 Å². The number of rotatable bonds is 12. The van der Waals surface area contributed by atoms with Gasteiger partial charge in [0.2, 0.25) is 0 Å². The molecular formula is C41H62N8O. The number of nitrogens with zero attached hydrogens (tertiary/aromatic N) is 3. The summed E-state index contributed by atoms with van der Waals surface area (Å²) in [7, 11) is 0. The van der Waals surface area contributed by atoms with Crippen molar-refractivity contribution in [1.29, 1.82) is 0 Å². The van der Waals surface area contributed by atoms with E-state index in [1.165, 1.54) is 49.7 Å². The van der Waals surface area contributed by atoms with Gasteiger partial charge in [0, 0.05) is 41.8 Å². The van der Waals surface area contributed by atoms with Crippen molar-refractivity contribution < 1.29 is 0 Å². The highest BCUT2D eigenvalue weighted by Crippen LogP contribution is 2.37. The lowest BCUT2D eigenvalue weighted by Crippen LogP contribution is -2.23. The van der Waals surface area contributed by atoms with Crippen molar-refractivity contribution in [3.05, 3.63) is 93.2 Å². The number of hydrogen-bond acceptors (Lipinski definition) is 5. The molecule has 0 unspecified atom stereocenters. The number of H-pyrrole nitrogens is 1. The second-order valence-corrected chi connectivity index (χ2v) is 16.2. The van der Waals surface area contributed by atoms with E-state index in [0.29, 0.717) is 18.2 Å². The van der Waals surface area contributed by atoms with Gasteiger partial charge in [0.05, 0.1) is 5.69 Å². The average Bonchev–Trinajstić information content (AvgIpc) is 3.73. The number of aromatic amines is 1. The summed E-state index contributed by atoms with van der Waals surface area (Å²) in [6.45, 7) is 17.6. The Morgan fingerprint density at radius 3 is 2.30 bits per heavy atom. The molecule has 0 spiro atoms. The number of aliphatic imine (C=N–C) groups is 1. The van der Waals surface area contributed by atoms with Gasteiger partial charge in [-0.25, -0.2) is 4.79 Å². The number of fused-ring (bicyclic) bond motifs is 1. The van der Waals surface area contributed by atoms with Crippen LogP contribution in [0, 0.1) is 0 Å². The smallest absolute Gasteiger partial charge is 0.354 e. The summed E-state index contributed by atoms with van der Waals surface area (Å²) >= 11 is 0. The number of nitrogens with two attached hydrogens (primary N) is 3. The first-order valence-electron chi connectivity index (χ1n) is 18.5. The van der Waals surface area contributed by atoms with E-state index in [0.717, 1.165) is 54.2 Å². The second-order valence-electron chi connectivity index (χ2n) is 16.2. The number of hydrogen-bond donors (Lipinski definition) is 5. The molecule has 1 atom stereocenters. The normalized spacial score (nSPS) is 14.4. The van der Waals surface area contributed by atoms with Gasteiger partial charge >= 0.3 is 5.69 Å². The summed E-state index contributed by atoms with van der Waals surface area (Å²) < 4.78 is 1.58. The van der Waals surface area contributed by atoms with E-state index >= 15 is 0 Å². The topological polar surface area (TPSA) is 153 Å². The molecule has 8 N–H and O–H groups in total. The van der Waals surface area contributed by atoms with E-state index in [2.05, 4.69) is 93.0 Å². The highest BCUT2D eigenvalue weighted by molar-refractivity contribution is 5.76. The fourth-order valence-corrected chi connectivity index (χ4v) is 6.42. The molecule has 1 fully saturated rings. The summed E-state index contributed by atoms with van der Waals surface area (Å²) in [5, 5.41) is 4.27. The van der Waals surface area contributed by atoms with Gasteiger partial charge in [0.25, 0.3) is 0 Å². The van der Waals surface area contributed by atoms with Gasteiger partial charge in [0.15, 0.2) is 5.96 Å². The van der Waals surface area contributed by atoms with Crippen LogP contribution >= 0.6 is 0 Å². The fourth-order valence-electron chi connectivity index (χ4n) is 6.42. The molecule has 2 aromatic heterocycles. The molecule has 0 amide bonds. The minimum absolute atomic E-state index is 0.0352. The lowest BCUT2D eigenvalue weighted by molar-refractivity contribution is 0.574. The SMILES string of the molecule is CC(C)(C)c1cc2cn(-c3ccc(CNCCCN=C(N)N)cc3)c(=O)nc2[nH]1.C[C@H](N)CCCc1cc(C2CCCC2)cc(C(C)(C)C)c1. The van der Waals surface area contributed by atoms with E-state index in [-0.39, 0.29) is 22.5 Å². The van der Waals surface area contributed by atoms with Gasteiger partial charge in [0.1, 0.15) is 5.65 Å². The molecule has 1 saturated carbocycles. The first-order chi connectivity index (χ1) is 23.6. The van der Waals surface area contributed by atoms with Gasteiger partial charge in [-0.2, -0.15) is 4.98 Å². The third-order valence-corrected chi connectivity index (χ3v) is 9.50. The molecule has 9 nitrogen and oxygen atoms in total. The predicted octanol–water partition coefficient (Wildman–Crippen LogP) is 7.08. The Morgan fingerprint density at radius 2 is 1.68 bits per heavy atom. The molecule has 1 aliphatic carbocycles. The van der Waals surface area contributed by atoms with Crippen LogP contribution in [0.1, 0.15) is 127 Å². The Hall–Kier alpha value is -3.95. The number of nitrogens with one attached hydrogen (secondary N) is 2. The van der Waals surface area contributed by atoms with Crippen LogP contribution in [0.2, 0.25) is 0 Å². The molecule has 2 aromatic carbocycles. The molecule has 50 heavy (non-hydrogen) atoms. The number of guanidine groups is 1. The maximum absolute atomic E-state index is 12.5. The van der Waals surface area contributed by atoms with E-state index in [4.69, 9.17) is 17.2 Å². The van der Waals surface area contributed by atoms with Crippen LogP contribution in [0.3, 0.4) is 0 Å². The predicted molar refractivity (Wildman–Crippen MR) is 210 cm³/mol. The lowest BCUT2D eigenvalue weighted by Gasteiger charge is -2.23. The summed E-state index contributed by atoms with van der Waals surface area (Å²) in [5.41, 5.74) is 24.6. The largest absolute Gasteiger partial charge is 0.370 e. The minimum Gasteiger partial charge on any atom is -0.370 e. The first kappa shape index (κ1) is 38.8. The Morgan fingerprint density at radius 1 is 0.980 bits per heavy atom. The van der Waals surface area contributed by atoms with Crippen LogP contribution in [-0.4, -0.2) is 39.6 Å². The highest BCUT2D eigenvalue weighted by atomic mass is 16.1. The molecule has 0 bridgehead atoms. The molecule has 2 heterocycles. The van der Waals surface area contributed by atoms with Crippen molar-refractivity contribution in [2.45, 2.75) is 129 Å². The summed E-state index contributed by atoms with van der Waals surface area (Å²) in [4.78, 5) is 23.9. The zero-order valence-electron chi connectivity index (χ0n) is 31.6. The van der Waals surface area contributed by atoms with Gasteiger partial charge in [-0.05, 0) is 104 Å². The zero-order valence-corrected chi connectivity index (χ0v) is 31.6. The molecule has 9 heteroatoms. The van der Waals surface area contributed by atoms with Crippen LogP contribution in [0.4, 0.5) is 0 Å². The Balaban J connectivity index is 0.000000237. The van der Waals surface area contributed by atoms with Crippen LogP contribution in [0.25, 0.3) is 16.7 Å². The number of aromatic nitrogens is 3. The highest BCUT2D eigenvalue weighted by Gasteiger charge is 2.21. The zero-order chi connectivity index (χ0) is 36.5. The molecule has 0 radical (unpaired) electrons. The Bertz CT molecular complexity index is 1740. The summed E-state index contributed by atoms with van der Waals surface area (Å²) in [6.07, 6.45) is 11.8. The van der Waals surface area contributed by atoms with Crippen molar-refractivity contribution in [2.75, 3.05) is 13.1 Å². The van der Waals surface area contributed by atoms with E-state index < -0.39 is 0 Å². The monoisotopic (exact) mass is 683 g/mol. The maximum Gasteiger partial charge on any atom is 0.354 e. The lowest BCUT2D eigenvalue weighted by atomic mass is 9.82. The molecule has 0 aliphatic heterocycles. The Kier molecular flexibility index (Phi) is 13.5. The molecule has 1 aliphatic rings. The van der Waals surface area contributed by atoms with Crippen LogP contribution < -0.4 is 28.2 Å². The number of benzene rings is 2. The quantitative estimate of drug-likeness (QED) is 0.0612. The van der Waals surface area contributed by atoms with Gasteiger partial charge in [-0.3, -0.25) is 9.56 Å². The van der Waals surface area contributed by atoms with Gasteiger partial charge in [-0.1, -0.05) is 84.7 Å². The maximum atomic E-state index is 12.5. The summed E-state index contributed by atoms with van der Waals surface area (Å²) in [5.74, 6) is 0.928. The minimum atomic E-state index is -0.301. The third kappa shape index (κ3) is 11.6. The average molecular weight is 683 g/mol. The summed E-state index contributed by atoms with van der Waals surface area (Å²) in [6, 6.07) is 17.6. The third-order valence-electron chi connectivity index (χ3n) is 9.50. The Labute approximate surface area is 299 Å². The molecule has 4 aromatic rings. The van der Waals surface area contributed by atoms with Gasteiger partial charge < -0.3 is 27.5 Å². The van der Waals surface area contributed by atoms with Crippen LogP contribution in [0.15, 0.2) is 64.5 Å². The first-order valence-corrected chi connectivity index (χ1v) is 18.5. The second kappa shape index (κ2) is 17.3. The molecular weight excluding hydrogens is 621 g/mol. The van der Waals surface area contributed by atoms with E-state index in [9.17, 15) is 4.79 Å². The van der Waals surface area contributed by atoms with Crippen molar-refractivity contribution in [3.8, 4) is 5.69 Å². The van der Waals surface area contributed by atoms with Crippen LogP contribution in [-0.2, 0) is 23.8 Å². The van der Waals surface area contributed by atoms with Crippen LogP contribution in [0.5, 0.6) is 0 Å².